The summed E-state index contributed by atoms with van der Waals surface area (Å²) in [4.78, 5) is 17.1. The molecule has 1 aromatic carbocycles. The van der Waals surface area contributed by atoms with Crippen molar-refractivity contribution in [1.82, 2.24) is 10.3 Å². The number of rotatable bonds is 4. The first kappa shape index (κ1) is 15.6. The predicted octanol–water partition coefficient (Wildman–Crippen LogP) is 2.78. The topological polar surface area (TPSA) is 68.0 Å². The molecule has 2 rings (SSSR count). The Bertz CT molecular complexity index is 637. The smallest absolute Gasteiger partial charge is 0.237 e. The summed E-state index contributed by atoms with van der Waals surface area (Å²) in [6, 6.07) is 5.51. The van der Waals surface area contributed by atoms with Crippen LogP contribution in [-0.4, -0.2) is 16.9 Å². The van der Waals surface area contributed by atoms with Gasteiger partial charge in [-0.25, -0.2) is 9.37 Å². The van der Waals surface area contributed by atoms with Gasteiger partial charge >= 0.3 is 0 Å². The maximum atomic E-state index is 13.0. The summed E-state index contributed by atoms with van der Waals surface area (Å²) in [5.41, 5.74) is 7.27. The van der Waals surface area contributed by atoms with Gasteiger partial charge in [0.25, 0.3) is 0 Å². The van der Waals surface area contributed by atoms with Crippen molar-refractivity contribution in [3.63, 3.8) is 0 Å². The van der Waals surface area contributed by atoms with Gasteiger partial charge in [0.15, 0.2) is 0 Å². The van der Waals surface area contributed by atoms with Crippen molar-refractivity contribution in [2.75, 3.05) is 0 Å². The SMILES string of the molecule is Cc1nc(-c2ccc(F)cc2)sc1C(C)NC(=O)[C@@H](C)N. The summed E-state index contributed by atoms with van der Waals surface area (Å²) in [5, 5.41) is 3.67. The Morgan fingerprint density at radius 1 is 1.33 bits per heavy atom. The molecule has 0 aliphatic rings. The van der Waals surface area contributed by atoms with Gasteiger partial charge in [0.05, 0.1) is 22.7 Å². The summed E-state index contributed by atoms with van der Waals surface area (Å²) >= 11 is 1.49. The Morgan fingerprint density at radius 2 is 1.95 bits per heavy atom. The van der Waals surface area contributed by atoms with Crippen LogP contribution >= 0.6 is 11.3 Å². The van der Waals surface area contributed by atoms with E-state index in [9.17, 15) is 9.18 Å². The number of aromatic nitrogens is 1. The van der Waals surface area contributed by atoms with E-state index in [0.29, 0.717) is 0 Å². The van der Waals surface area contributed by atoms with Gasteiger partial charge in [0.2, 0.25) is 5.91 Å². The quantitative estimate of drug-likeness (QED) is 0.912. The largest absolute Gasteiger partial charge is 0.347 e. The minimum absolute atomic E-state index is 0.157. The van der Waals surface area contributed by atoms with Gasteiger partial charge in [0, 0.05) is 5.56 Å². The molecule has 0 saturated heterocycles. The van der Waals surface area contributed by atoms with E-state index in [-0.39, 0.29) is 17.8 Å². The average molecular weight is 307 g/mol. The molecule has 0 fully saturated rings. The molecule has 4 nitrogen and oxygen atoms in total. The van der Waals surface area contributed by atoms with E-state index in [1.54, 1.807) is 19.1 Å². The number of nitrogens with zero attached hydrogens (tertiary/aromatic N) is 1. The first-order chi connectivity index (χ1) is 9.88. The summed E-state index contributed by atoms with van der Waals surface area (Å²) in [6.07, 6.45) is 0. The zero-order valence-corrected chi connectivity index (χ0v) is 13.0. The molecule has 0 bridgehead atoms. The molecule has 0 aliphatic carbocycles. The number of benzene rings is 1. The molecule has 0 aliphatic heterocycles. The molecular formula is C15H18FN3OS. The molecule has 1 heterocycles. The second kappa shape index (κ2) is 6.32. The first-order valence-corrected chi connectivity index (χ1v) is 7.49. The molecule has 3 N–H and O–H groups in total. The normalized spacial score (nSPS) is 13.8. The molecule has 1 amide bonds. The van der Waals surface area contributed by atoms with E-state index in [4.69, 9.17) is 5.73 Å². The molecular weight excluding hydrogens is 289 g/mol. The number of nitrogens with two attached hydrogens (primary N) is 1. The van der Waals surface area contributed by atoms with Crippen molar-refractivity contribution in [2.45, 2.75) is 32.9 Å². The number of hydrogen-bond acceptors (Lipinski definition) is 4. The highest BCUT2D eigenvalue weighted by molar-refractivity contribution is 7.15. The molecule has 0 saturated carbocycles. The molecule has 0 spiro atoms. The predicted molar refractivity (Wildman–Crippen MR) is 82.5 cm³/mol. The number of nitrogens with one attached hydrogen (secondary N) is 1. The van der Waals surface area contributed by atoms with Crippen molar-refractivity contribution >= 4 is 17.2 Å². The maximum absolute atomic E-state index is 13.0. The Labute approximate surface area is 127 Å². The number of carbonyl (C=O) groups excluding carboxylic acids is 1. The minimum Gasteiger partial charge on any atom is -0.347 e. The van der Waals surface area contributed by atoms with Gasteiger partial charge in [-0.15, -0.1) is 11.3 Å². The number of thiazole rings is 1. The fourth-order valence-corrected chi connectivity index (χ4v) is 3.01. The highest BCUT2D eigenvalue weighted by Crippen LogP contribution is 2.31. The van der Waals surface area contributed by atoms with Crippen molar-refractivity contribution in [3.8, 4) is 10.6 Å². The number of aryl methyl sites for hydroxylation is 1. The van der Waals surface area contributed by atoms with Gasteiger partial charge in [-0.2, -0.15) is 0 Å². The van der Waals surface area contributed by atoms with Crippen molar-refractivity contribution in [3.05, 3.63) is 40.7 Å². The van der Waals surface area contributed by atoms with Crippen LogP contribution in [0.5, 0.6) is 0 Å². The van der Waals surface area contributed by atoms with E-state index in [1.807, 2.05) is 13.8 Å². The van der Waals surface area contributed by atoms with Crippen LogP contribution in [0.4, 0.5) is 4.39 Å². The first-order valence-electron chi connectivity index (χ1n) is 6.67. The van der Waals surface area contributed by atoms with Crippen LogP contribution in [-0.2, 0) is 4.79 Å². The summed E-state index contributed by atoms with van der Waals surface area (Å²) in [5.74, 6) is -0.469. The van der Waals surface area contributed by atoms with Crippen LogP contribution in [0.1, 0.15) is 30.5 Å². The van der Waals surface area contributed by atoms with Gasteiger partial charge in [-0.1, -0.05) is 0 Å². The Morgan fingerprint density at radius 3 is 2.52 bits per heavy atom. The molecule has 1 aromatic heterocycles. The van der Waals surface area contributed by atoms with Crippen LogP contribution in [0, 0.1) is 12.7 Å². The number of hydrogen-bond donors (Lipinski definition) is 2. The van der Waals surface area contributed by atoms with E-state index < -0.39 is 6.04 Å². The monoisotopic (exact) mass is 307 g/mol. The lowest BCUT2D eigenvalue weighted by atomic mass is 10.2. The number of carbonyl (C=O) groups is 1. The molecule has 1 unspecified atom stereocenters. The third-order valence-corrected chi connectivity index (χ3v) is 4.48. The Kier molecular flexibility index (Phi) is 4.69. The third-order valence-electron chi connectivity index (χ3n) is 3.09. The van der Waals surface area contributed by atoms with Crippen LogP contribution in [0.25, 0.3) is 10.6 Å². The minimum atomic E-state index is -0.544. The standard InChI is InChI=1S/C15H18FN3OS/c1-8(17)14(20)18-9(2)13-10(3)19-15(21-13)11-4-6-12(16)7-5-11/h4-9H,17H2,1-3H3,(H,18,20)/t8-,9?/m1/s1. The molecule has 2 aromatic rings. The van der Waals surface area contributed by atoms with Crippen molar-refractivity contribution in [1.29, 1.82) is 0 Å². The van der Waals surface area contributed by atoms with Gasteiger partial charge in [0.1, 0.15) is 10.8 Å². The Balaban J connectivity index is 2.22. The zero-order chi connectivity index (χ0) is 15.6. The van der Waals surface area contributed by atoms with E-state index >= 15 is 0 Å². The van der Waals surface area contributed by atoms with Crippen LogP contribution in [0.3, 0.4) is 0 Å². The van der Waals surface area contributed by atoms with Gasteiger partial charge < -0.3 is 11.1 Å². The molecule has 21 heavy (non-hydrogen) atoms. The summed E-state index contributed by atoms with van der Waals surface area (Å²) < 4.78 is 13.0. The third kappa shape index (κ3) is 3.65. The number of amides is 1. The lowest BCUT2D eigenvalue weighted by molar-refractivity contribution is -0.122. The zero-order valence-electron chi connectivity index (χ0n) is 12.2. The van der Waals surface area contributed by atoms with Crippen LogP contribution < -0.4 is 11.1 Å². The van der Waals surface area contributed by atoms with Gasteiger partial charge in [-0.05, 0) is 45.0 Å². The molecule has 6 heteroatoms. The van der Waals surface area contributed by atoms with E-state index in [0.717, 1.165) is 21.1 Å². The lowest BCUT2D eigenvalue weighted by Crippen LogP contribution is -2.39. The molecule has 112 valence electrons. The van der Waals surface area contributed by atoms with E-state index in [1.165, 1.54) is 23.5 Å². The Hall–Kier alpha value is -1.79. The van der Waals surface area contributed by atoms with Gasteiger partial charge in [-0.3, -0.25) is 4.79 Å². The van der Waals surface area contributed by atoms with Crippen molar-refractivity contribution in [2.24, 2.45) is 5.73 Å². The molecule has 2 atom stereocenters. The van der Waals surface area contributed by atoms with Crippen LogP contribution in [0.2, 0.25) is 0 Å². The lowest BCUT2D eigenvalue weighted by Gasteiger charge is -2.14. The number of halogens is 1. The molecule has 0 radical (unpaired) electrons. The maximum Gasteiger partial charge on any atom is 0.237 e. The average Bonchev–Trinajstić information content (AvgIpc) is 2.81. The van der Waals surface area contributed by atoms with Crippen molar-refractivity contribution < 1.29 is 9.18 Å². The summed E-state index contributed by atoms with van der Waals surface area (Å²) in [6.45, 7) is 5.44. The second-order valence-corrected chi connectivity index (χ2v) is 6.03. The highest BCUT2D eigenvalue weighted by atomic mass is 32.1. The fourth-order valence-electron chi connectivity index (χ4n) is 1.94. The summed E-state index contributed by atoms with van der Waals surface area (Å²) in [7, 11) is 0. The van der Waals surface area contributed by atoms with Crippen LogP contribution in [0.15, 0.2) is 24.3 Å². The highest BCUT2D eigenvalue weighted by Gasteiger charge is 2.18. The fraction of sp³-hybridized carbons (Fsp3) is 0.333. The second-order valence-electron chi connectivity index (χ2n) is 4.99. The van der Waals surface area contributed by atoms with E-state index in [2.05, 4.69) is 10.3 Å².